The monoisotopic (exact) mass is 474 g/mol. The van der Waals surface area contributed by atoms with Gasteiger partial charge in [-0.3, -0.25) is 19.4 Å². The molecule has 0 aromatic carbocycles. The number of nitrogens with one attached hydrogen (secondary N) is 3. The van der Waals surface area contributed by atoms with E-state index in [1.54, 1.807) is 0 Å². The SMILES string of the molecule is CC(N)C(=O)NC(CCCCN)C(=O)NC(CCCN=C(N)N)C(=O)NC(C(=O)O)C(C)O. The molecular weight excluding hydrogens is 436 g/mol. The Morgan fingerprint density at radius 2 is 1.39 bits per heavy atom. The fourth-order valence-electron chi connectivity index (χ4n) is 2.75. The summed E-state index contributed by atoms with van der Waals surface area (Å²) in [5.41, 5.74) is 21.6. The molecule has 0 bridgehead atoms. The number of aliphatic imine (C=N–C) groups is 1. The second-order valence-electron chi connectivity index (χ2n) is 7.71. The van der Waals surface area contributed by atoms with Crippen LogP contribution < -0.4 is 38.9 Å². The molecule has 0 aromatic rings. The zero-order chi connectivity index (χ0) is 25.6. The molecule has 14 heteroatoms. The minimum absolute atomic E-state index is 0.0667. The van der Waals surface area contributed by atoms with Crippen LogP contribution >= 0.6 is 0 Å². The summed E-state index contributed by atoms with van der Waals surface area (Å²) in [5, 5.41) is 26.1. The third-order valence-electron chi connectivity index (χ3n) is 4.62. The number of aliphatic hydroxyl groups is 1. The van der Waals surface area contributed by atoms with E-state index in [1.165, 1.54) is 13.8 Å². The van der Waals surface area contributed by atoms with Gasteiger partial charge in [0.1, 0.15) is 12.1 Å². The molecule has 14 nitrogen and oxygen atoms in total. The number of guanidine groups is 1. The number of hydrogen-bond donors (Lipinski definition) is 9. The molecule has 0 heterocycles. The Morgan fingerprint density at radius 3 is 1.85 bits per heavy atom. The first-order chi connectivity index (χ1) is 15.4. The largest absolute Gasteiger partial charge is 0.480 e. The Hall–Kier alpha value is -2.97. The summed E-state index contributed by atoms with van der Waals surface area (Å²) in [7, 11) is 0. The molecular formula is C19H38N8O6. The number of aliphatic hydroxyl groups excluding tert-OH is 1. The van der Waals surface area contributed by atoms with E-state index in [-0.39, 0.29) is 31.8 Å². The van der Waals surface area contributed by atoms with Crippen LogP contribution in [0, 0.1) is 0 Å². The van der Waals surface area contributed by atoms with E-state index in [4.69, 9.17) is 22.9 Å². The summed E-state index contributed by atoms with van der Waals surface area (Å²) in [5.74, 6) is -3.59. The maximum atomic E-state index is 12.9. The molecule has 33 heavy (non-hydrogen) atoms. The number of nitrogens with two attached hydrogens (primary N) is 4. The second kappa shape index (κ2) is 15.8. The minimum atomic E-state index is -1.58. The number of carboxylic acids is 1. The molecule has 0 aliphatic heterocycles. The smallest absolute Gasteiger partial charge is 0.328 e. The van der Waals surface area contributed by atoms with Crippen molar-refractivity contribution >= 4 is 29.7 Å². The topological polar surface area (TPSA) is 261 Å². The van der Waals surface area contributed by atoms with Crippen LogP contribution in [0.5, 0.6) is 0 Å². The van der Waals surface area contributed by atoms with Gasteiger partial charge in [-0.15, -0.1) is 0 Å². The summed E-state index contributed by atoms with van der Waals surface area (Å²) in [6, 6.07) is -4.57. The van der Waals surface area contributed by atoms with Gasteiger partial charge in [-0.25, -0.2) is 4.79 Å². The second-order valence-corrected chi connectivity index (χ2v) is 7.71. The number of carbonyl (C=O) groups is 4. The summed E-state index contributed by atoms with van der Waals surface area (Å²) < 4.78 is 0. The van der Waals surface area contributed by atoms with Crippen LogP contribution in [0.1, 0.15) is 46.0 Å². The number of carboxylic acid groups (broad SMARTS) is 1. The molecule has 0 aliphatic carbocycles. The van der Waals surface area contributed by atoms with E-state index >= 15 is 0 Å². The van der Waals surface area contributed by atoms with Gasteiger partial charge in [0, 0.05) is 6.54 Å². The Bertz CT molecular complexity index is 681. The predicted molar refractivity (Wildman–Crippen MR) is 122 cm³/mol. The summed E-state index contributed by atoms with van der Waals surface area (Å²) in [6.45, 7) is 3.25. The molecule has 13 N–H and O–H groups in total. The molecule has 0 fully saturated rings. The minimum Gasteiger partial charge on any atom is -0.480 e. The highest BCUT2D eigenvalue weighted by Gasteiger charge is 2.31. The van der Waals surface area contributed by atoms with Crippen LogP contribution in [0.25, 0.3) is 0 Å². The molecule has 0 aliphatic rings. The van der Waals surface area contributed by atoms with E-state index in [0.717, 1.165) is 0 Å². The highest BCUT2D eigenvalue weighted by molar-refractivity contribution is 5.94. The van der Waals surface area contributed by atoms with Crippen molar-refractivity contribution in [3.8, 4) is 0 Å². The normalized spacial score (nSPS) is 15.3. The highest BCUT2D eigenvalue weighted by atomic mass is 16.4. The lowest BCUT2D eigenvalue weighted by molar-refractivity contribution is -0.145. The Labute approximate surface area is 192 Å². The van der Waals surface area contributed by atoms with Crippen molar-refractivity contribution in [2.24, 2.45) is 27.9 Å². The number of nitrogens with zero attached hydrogens (tertiary/aromatic N) is 1. The van der Waals surface area contributed by atoms with Crippen molar-refractivity contribution in [1.29, 1.82) is 0 Å². The van der Waals surface area contributed by atoms with Crippen LogP contribution in [0.15, 0.2) is 4.99 Å². The predicted octanol–water partition coefficient (Wildman–Crippen LogP) is -3.56. The Kier molecular flexibility index (Phi) is 14.4. The van der Waals surface area contributed by atoms with E-state index in [2.05, 4.69) is 20.9 Å². The van der Waals surface area contributed by atoms with Crippen LogP contribution in [-0.2, 0) is 19.2 Å². The molecule has 0 saturated carbocycles. The third-order valence-corrected chi connectivity index (χ3v) is 4.62. The maximum Gasteiger partial charge on any atom is 0.328 e. The van der Waals surface area contributed by atoms with Gasteiger partial charge in [-0.1, -0.05) is 0 Å². The third kappa shape index (κ3) is 12.6. The first-order valence-electron chi connectivity index (χ1n) is 10.7. The lowest BCUT2D eigenvalue weighted by Crippen LogP contribution is -2.58. The van der Waals surface area contributed by atoms with Crippen molar-refractivity contribution < 1.29 is 29.4 Å². The summed E-state index contributed by atoms with van der Waals surface area (Å²) >= 11 is 0. The van der Waals surface area contributed by atoms with Crippen molar-refractivity contribution in [3.63, 3.8) is 0 Å². The molecule has 0 aromatic heterocycles. The number of hydrogen-bond acceptors (Lipinski definition) is 8. The molecule has 5 unspecified atom stereocenters. The average molecular weight is 475 g/mol. The zero-order valence-corrected chi connectivity index (χ0v) is 19.1. The first kappa shape index (κ1) is 30.0. The molecule has 190 valence electrons. The van der Waals surface area contributed by atoms with Crippen molar-refractivity contribution in [2.75, 3.05) is 13.1 Å². The fourth-order valence-corrected chi connectivity index (χ4v) is 2.75. The standard InChI is InChI=1S/C19H38N8O6/c1-10(21)15(29)25-12(6-3-4-8-20)16(30)26-13(7-5-9-24-19(22)23)17(31)27-14(11(2)28)18(32)33/h10-14,28H,3-9,20-21H2,1-2H3,(H,25,29)(H,26,30)(H,27,31)(H,32,33)(H4,22,23,24). The van der Waals surface area contributed by atoms with Crippen molar-refractivity contribution in [1.82, 2.24) is 16.0 Å². The van der Waals surface area contributed by atoms with Gasteiger partial charge in [0.25, 0.3) is 0 Å². The van der Waals surface area contributed by atoms with Gasteiger partial charge in [0.2, 0.25) is 17.7 Å². The fraction of sp³-hybridized carbons (Fsp3) is 0.737. The van der Waals surface area contributed by atoms with Gasteiger partial charge in [0.05, 0.1) is 12.1 Å². The Balaban J connectivity index is 5.51. The van der Waals surface area contributed by atoms with Crippen LogP contribution in [0.4, 0.5) is 0 Å². The molecule has 0 rings (SSSR count). The molecule has 3 amide bonds. The Morgan fingerprint density at radius 1 is 0.879 bits per heavy atom. The van der Waals surface area contributed by atoms with Gasteiger partial charge in [-0.2, -0.15) is 0 Å². The molecule has 5 atom stereocenters. The van der Waals surface area contributed by atoms with Gasteiger partial charge < -0.3 is 49.1 Å². The molecule has 0 radical (unpaired) electrons. The maximum absolute atomic E-state index is 12.9. The van der Waals surface area contributed by atoms with Crippen LogP contribution in [-0.4, -0.2) is 83.2 Å². The first-order valence-corrected chi connectivity index (χ1v) is 10.7. The number of unbranched alkanes of at least 4 members (excludes halogenated alkanes) is 1. The number of amides is 3. The quantitative estimate of drug-likeness (QED) is 0.0603. The van der Waals surface area contributed by atoms with E-state index in [9.17, 15) is 29.4 Å². The number of rotatable bonds is 16. The summed E-state index contributed by atoms with van der Waals surface area (Å²) in [4.78, 5) is 52.8. The van der Waals surface area contributed by atoms with Gasteiger partial charge in [0.15, 0.2) is 12.0 Å². The molecule has 0 saturated heterocycles. The lowest BCUT2D eigenvalue weighted by Gasteiger charge is -2.25. The van der Waals surface area contributed by atoms with Crippen molar-refractivity contribution in [2.45, 2.75) is 76.2 Å². The highest BCUT2D eigenvalue weighted by Crippen LogP contribution is 2.06. The van der Waals surface area contributed by atoms with Gasteiger partial charge >= 0.3 is 5.97 Å². The van der Waals surface area contributed by atoms with E-state index < -0.39 is 54.0 Å². The number of carbonyl (C=O) groups excluding carboxylic acids is 3. The average Bonchev–Trinajstić information content (AvgIpc) is 2.72. The summed E-state index contributed by atoms with van der Waals surface area (Å²) in [6.07, 6.45) is 0.394. The molecule has 0 spiro atoms. The van der Waals surface area contributed by atoms with Crippen LogP contribution in [0.3, 0.4) is 0 Å². The van der Waals surface area contributed by atoms with E-state index in [1.807, 2.05) is 0 Å². The lowest BCUT2D eigenvalue weighted by atomic mass is 10.0. The van der Waals surface area contributed by atoms with E-state index in [0.29, 0.717) is 19.4 Å². The zero-order valence-electron chi connectivity index (χ0n) is 19.1. The van der Waals surface area contributed by atoms with Crippen LogP contribution in [0.2, 0.25) is 0 Å². The van der Waals surface area contributed by atoms with Crippen molar-refractivity contribution in [3.05, 3.63) is 0 Å². The number of aliphatic carboxylic acids is 1. The van der Waals surface area contributed by atoms with Gasteiger partial charge in [-0.05, 0) is 52.5 Å².